The van der Waals surface area contributed by atoms with Crippen LogP contribution in [0.1, 0.15) is 94.9 Å². The van der Waals surface area contributed by atoms with Gasteiger partial charge in [0.1, 0.15) is 11.2 Å². The van der Waals surface area contributed by atoms with E-state index in [0.29, 0.717) is 6.42 Å². The molecule has 2 N–H and O–H groups in total. The lowest BCUT2D eigenvalue weighted by atomic mass is 9.63. The van der Waals surface area contributed by atoms with Crippen LogP contribution in [0.3, 0.4) is 0 Å². The average molecular weight is 585 g/mol. The van der Waals surface area contributed by atoms with Crippen LogP contribution in [0.2, 0.25) is 0 Å². The Hall–Kier alpha value is -2.72. The van der Waals surface area contributed by atoms with Crippen molar-refractivity contribution in [2.24, 2.45) is 10.8 Å². The van der Waals surface area contributed by atoms with Gasteiger partial charge in [0.2, 0.25) is 0 Å². The molecule has 0 amide bonds. The Morgan fingerprint density at radius 3 is 1.72 bits per heavy atom. The minimum atomic E-state index is -0.291. The molecule has 3 nitrogen and oxygen atoms in total. The van der Waals surface area contributed by atoms with E-state index in [2.05, 4.69) is 154 Å². The van der Waals surface area contributed by atoms with Gasteiger partial charge in [0.15, 0.2) is 0 Å². The summed E-state index contributed by atoms with van der Waals surface area (Å²) in [5, 5.41) is 20.4. The molecule has 3 rings (SSSR count). The van der Waals surface area contributed by atoms with Gasteiger partial charge in [-0.3, -0.25) is 0 Å². The fraction of sp³-hybridized carbons (Fsp3) is 0.500. The van der Waals surface area contributed by atoms with Crippen molar-refractivity contribution in [3.05, 3.63) is 119 Å². The molecule has 0 radical (unpaired) electrons. The predicted molar refractivity (Wildman–Crippen MR) is 184 cm³/mol. The lowest BCUT2D eigenvalue weighted by Gasteiger charge is -2.39. The van der Waals surface area contributed by atoms with E-state index >= 15 is 0 Å². The van der Waals surface area contributed by atoms with E-state index in [1.165, 1.54) is 33.4 Å². The standard InChI is InChI=1S/C40H56O3/c1-29(17-13-19-31(3)21-22-36-33(5)25-34(41)26-37(36,6)7)15-11-12-16-30(2)18-14-20-32(4)23-24-40-38(8,9)27-35(42)28-39(40,10)43-40/h11-24,34-35,41-42H,25-28H2,1-10H3/b12-11+,17-13+,18-14+,22-21+,24-23+,29-15+,30-16+,31-19-,32-20+/t34-,35-,39-,40+/m1/s1. The average Bonchev–Trinajstić information content (AvgIpc) is 3.49. The zero-order valence-electron chi connectivity index (χ0n) is 28.4. The monoisotopic (exact) mass is 584 g/mol. The smallest absolute Gasteiger partial charge is 0.121 e. The van der Waals surface area contributed by atoms with Crippen LogP contribution >= 0.6 is 0 Å². The van der Waals surface area contributed by atoms with E-state index in [-0.39, 0.29) is 34.2 Å². The molecule has 0 bridgehead atoms. The number of ether oxygens (including phenoxy) is 1. The Morgan fingerprint density at radius 2 is 1.19 bits per heavy atom. The number of fused-ring (bicyclic) bond motifs is 1. The number of hydrogen-bond donors (Lipinski definition) is 2. The normalized spacial score (nSPS) is 32.3. The highest BCUT2D eigenvalue weighted by Crippen LogP contribution is 2.66. The molecule has 3 heteroatoms. The van der Waals surface area contributed by atoms with Crippen LogP contribution in [0.15, 0.2) is 119 Å². The second-order valence-electron chi connectivity index (χ2n) is 14.6. The maximum Gasteiger partial charge on any atom is 0.121 e. The van der Waals surface area contributed by atoms with Crippen molar-refractivity contribution in [1.29, 1.82) is 0 Å². The molecule has 1 aliphatic heterocycles. The summed E-state index contributed by atoms with van der Waals surface area (Å²) in [6.45, 7) is 21.5. The lowest BCUT2D eigenvalue weighted by molar-refractivity contribution is 0.0515. The minimum Gasteiger partial charge on any atom is -0.393 e. The molecule has 4 atom stereocenters. The van der Waals surface area contributed by atoms with Crippen molar-refractivity contribution >= 4 is 0 Å². The van der Waals surface area contributed by atoms with Gasteiger partial charge >= 0.3 is 0 Å². The van der Waals surface area contributed by atoms with Crippen LogP contribution < -0.4 is 0 Å². The van der Waals surface area contributed by atoms with Crippen LogP contribution in [0.5, 0.6) is 0 Å². The van der Waals surface area contributed by atoms with E-state index in [9.17, 15) is 10.2 Å². The van der Waals surface area contributed by atoms with Gasteiger partial charge in [0.05, 0.1) is 12.2 Å². The molecule has 43 heavy (non-hydrogen) atoms. The van der Waals surface area contributed by atoms with E-state index < -0.39 is 0 Å². The third-order valence-corrected chi connectivity index (χ3v) is 9.34. The Labute approximate surface area is 262 Å². The van der Waals surface area contributed by atoms with Crippen LogP contribution in [0.4, 0.5) is 0 Å². The third-order valence-electron chi connectivity index (χ3n) is 9.34. The maximum absolute atomic E-state index is 10.2. The minimum absolute atomic E-state index is 0.00262. The van der Waals surface area contributed by atoms with Crippen molar-refractivity contribution < 1.29 is 14.9 Å². The molecule has 1 saturated carbocycles. The van der Waals surface area contributed by atoms with Crippen LogP contribution in [-0.4, -0.2) is 33.6 Å². The fourth-order valence-corrected chi connectivity index (χ4v) is 7.06. The molecule has 0 aromatic heterocycles. The number of aliphatic hydroxyl groups is 2. The number of hydrogen-bond acceptors (Lipinski definition) is 3. The molecule has 234 valence electrons. The first-order valence-corrected chi connectivity index (χ1v) is 15.9. The maximum atomic E-state index is 10.2. The molecule has 1 saturated heterocycles. The van der Waals surface area contributed by atoms with Crippen molar-refractivity contribution in [2.45, 2.75) is 118 Å². The van der Waals surface area contributed by atoms with Crippen LogP contribution in [-0.2, 0) is 4.74 Å². The fourth-order valence-electron chi connectivity index (χ4n) is 7.06. The number of epoxide rings is 1. The second-order valence-corrected chi connectivity index (χ2v) is 14.6. The molecule has 2 aliphatic carbocycles. The molecule has 1 heterocycles. The third kappa shape index (κ3) is 8.91. The Balaban J connectivity index is 1.50. The summed E-state index contributed by atoms with van der Waals surface area (Å²) in [6, 6.07) is 0. The zero-order chi connectivity index (χ0) is 32.1. The first-order valence-electron chi connectivity index (χ1n) is 15.9. The highest BCUT2D eigenvalue weighted by atomic mass is 16.6. The SMILES string of the molecule is CC1=C(/C=C/C(C)=C\C=C\C(C)=C\C=C\C=C(C)\C=C\C=C(C)\C=C\[C@@]23O[C@]2(C)C[C@H](O)CC3(C)C)C(C)(C)C[C@H](O)C1. The summed E-state index contributed by atoms with van der Waals surface area (Å²) in [5.74, 6) is 0. The van der Waals surface area contributed by atoms with Gasteiger partial charge in [-0.2, -0.15) is 0 Å². The molecular formula is C40H56O3. The van der Waals surface area contributed by atoms with Crippen molar-refractivity contribution in [3.8, 4) is 0 Å². The molecule has 3 aliphatic rings. The van der Waals surface area contributed by atoms with Crippen LogP contribution in [0, 0.1) is 10.8 Å². The van der Waals surface area contributed by atoms with Crippen LogP contribution in [0.25, 0.3) is 0 Å². The topological polar surface area (TPSA) is 53.0 Å². The highest BCUT2D eigenvalue weighted by Gasteiger charge is 2.74. The second kappa shape index (κ2) is 13.9. The summed E-state index contributed by atoms with van der Waals surface area (Å²) >= 11 is 0. The van der Waals surface area contributed by atoms with Crippen molar-refractivity contribution in [2.75, 3.05) is 0 Å². The summed E-state index contributed by atoms with van der Waals surface area (Å²) < 4.78 is 6.25. The Morgan fingerprint density at radius 1 is 0.674 bits per heavy atom. The highest BCUT2D eigenvalue weighted by molar-refractivity contribution is 5.39. The van der Waals surface area contributed by atoms with E-state index in [1.54, 1.807) is 0 Å². The van der Waals surface area contributed by atoms with Gasteiger partial charge < -0.3 is 14.9 Å². The first-order chi connectivity index (χ1) is 20.0. The lowest BCUT2D eigenvalue weighted by Crippen LogP contribution is -2.46. The van der Waals surface area contributed by atoms with Gasteiger partial charge in [-0.1, -0.05) is 135 Å². The largest absolute Gasteiger partial charge is 0.393 e. The van der Waals surface area contributed by atoms with Gasteiger partial charge in [0.25, 0.3) is 0 Å². The van der Waals surface area contributed by atoms with Crippen molar-refractivity contribution in [1.82, 2.24) is 0 Å². The molecule has 2 fully saturated rings. The number of aliphatic hydroxyl groups excluding tert-OH is 2. The summed E-state index contributed by atoms with van der Waals surface area (Å²) in [7, 11) is 0. The number of allylic oxidation sites excluding steroid dienone is 18. The number of rotatable bonds is 10. The summed E-state index contributed by atoms with van der Waals surface area (Å²) in [4.78, 5) is 0. The predicted octanol–water partition coefficient (Wildman–Crippen LogP) is 9.76. The van der Waals surface area contributed by atoms with Crippen molar-refractivity contribution in [3.63, 3.8) is 0 Å². The van der Waals surface area contributed by atoms with E-state index in [4.69, 9.17) is 4.74 Å². The van der Waals surface area contributed by atoms with Gasteiger partial charge in [-0.05, 0) is 77.9 Å². The molecule has 0 unspecified atom stereocenters. The molecule has 0 aromatic carbocycles. The van der Waals surface area contributed by atoms with E-state index in [0.717, 1.165) is 19.3 Å². The van der Waals surface area contributed by atoms with Gasteiger partial charge in [-0.25, -0.2) is 0 Å². The molecule has 0 spiro atoms. The first kappa shape index (κ1) is 34.8. The Bertz CT molecular complexity index is 1330. The zero-order valence-corrected chi connectivity index (χ0v) is 28.4. The van der Waals surface area contributed by atoms with Gasteiger partial charge in [-0.15, -0.1) is 0 Å². The Kier molecular flexibility index (Phi) is 11.3. The van der Waals surface area contributed by atoms with E-state index in [1.807, 2.05) is 0 Å². The molecule has 0 aromatic rings. The molecular weight excluding hydrogens is 528 g/mol. The van der Waals surface area contributed by atoms with Gasteiger partial charge in [0, 0.05) is 11.8 Å². The summed E-state index contributed by atoms with van der Waals surface area (Å²) in [5.41, 5.74) is 6.71. The summed E-state index contributed by atoms with van der Waals surface area (Å²) in [6.07, 6.45) is 32.3. The quantitative estimate of drug-likeness (QED) is 0.198.